The molecule has 150 valence electrons. The number of anilines is 1. The summed E-state index contributed by atoms with van der Waals surface area (Å²) in [6.45, 7) is 0.535. The van der Waals surface area contributed by atoms with E-state index < -0.39 is 17.8 Å². The predicted molar refractivity (Wildman–Crippen MR) is 96.7 cm³/mol. The van der Waals surface area contributed by atoms with Crippen molar-refractivity contribution in [2.45, 2.75) is 56.8 Å². The average Bonchev–Trinajstić information content (AvgIpc) is 3.40. The van der Waals surface area contributed by atoms with E-state index in [9.17, 15) is 18.0 Å². The van der Waals surface area contributed by atoms with Crippen LogP contribution in [0.2, 0.25) is 0 Å². The second kappa shape index (κ2) is 7.44. The van der Waals surface area contributed by atoms with Gasteiger partial charge < -0.3 is 14.8 Å². The molecule has 0 spiro atoms. The van der Waals surface area contributed by atoms with Crippen LogP contribution in [-0.2, 0) is 6.18 Å². The van der Waals surface area contributed by atoms with Crippen molar-refractivity contribution < 1.29 is 18.0 Å². The van der Waals surface area contributed by atoms with Crippen molar-refractivity contribution in [3.8, 4) is 0 Å². The van der Waals surface area contributed by atoms with Crippen LogP contribution in [-0.4, -0.2) is 32.2 Å². The maximum Gasteiger partial charge on any atom is 0.416 e. The molecule has 1 aliphatic carbocycles. The number of amides is 2. The molecule has 1 unspecified atom stereocenters. The molecular formula is C19H22F3N5O. The lowest BCUT2D eigenvalue weighted by molar-refractivity contribution is -0.137. The standard InChI is InChI=1S/C19H22F3N5O/c20-19(21,22)13-5-3-6-14(11-13)24-18(28)26-10-4-9-16(26)17-25-23-12-27(17)15-7-1-2-8-15/h3,5-6,11-12,15-16H,1-2,4,7-10H2,(H,24,28). The molecule has 1 aromatic heterocycles. The number of urea groups is 1. The predicted octanol–water partition coefficient (Wildman–Crippen LogP) is 4.78. The maximum atomic E-state index is 12.9. The van der Waals surface area contributed by atoms with E-state index >= 15 is 0 Å². The average molecular weight is 393 g/mol. The zero-order chi connectivity index (χ0) is 19.7. The van der Waals surface area contributed by atoms with Crippen molar-refractivity contribution in [3.05, 3.63) is 42.0 Å². The third-order valence-corrected chi connectivity index (χ3v) is 5.57. The van der Waals surface area contributed by atoms with Gasteiger partial charge in [-0.1, -0.05) is 18.9 Å². The Bertz CT molecular complexity index is 844. The minimum atomic E-state index is -4.45. The third kappa shape index (κ3) is 3.70. The summed E-state index contributed by atoms with van der Waals surface area (Å²) in [6, 6.07) is 4.41. The van der Waals surface area contributed by atoms with Gasteiger partial charge in [0.1, 0.15) is 6.33 Å². The summed E-state index contributed by atoms with van der Waals surface area (Å²) in [5.41, 5.74) is -0.660. The van der Waals surface area contributed by atoms with Crippen LogP contribution in [0.4, 0.5) is 23.7 Å². The third-order valence-electron chi connectivity index (χ3n) is 5.57. The first-order chi connectivity index (χ1) is 13.4. The molecule has 1 atom stereocenters. The van der Waals surface area contributed by atoms with Gasteiger partial charge in [-0.25, -0.2) is 4.79 Å². The van der Waals surface area contributed by atoms with Crippen molar-refractivity contribution >= 4 is 11.7 Å². The van der Waals surface area contributed by atoms with Gasteiger partial charge in [0, 0.05) is 18.3 Å². The molecule has 2 aliphatic rings. The Morgan fingerprint density at radius 3 is 2.68 bits per heavy atom. The van der Waals surface area contributed by atoms with Crippen LogP contribution in [0, 0.1) is 0 Å². The summed E-state index contributed by atoms with van der Waals surface area (Å²) in [5, 5.41) is 10.9. The lowest BCUT2D eigenvalue weighted by Crippen LogP contribution is -2.35. The second-order valence-corrected chi connectivity index (χ2v) is 7.39. The fourth-order valence-corrected chi connectivity index (χ4v) is 4.20. The minimum Gasteiger partial charge on any atom is -0.314 e. The number of hydrogen-bond donors (Lipinski definition) is 1. The van der Waals surface area contributed by atoms with E-state index in [1.165, 1.54) is 25.0 Å². The highest BCUT2D eigenvalue weighted by atomic mass is 19.4. The van der Waals surface area contributed by atoms with Gasteiger partial charge >= 0.3 is 12.2 Å². The number of nitrogens with zero attached hydrogens (tertiary/aromatic N) is 4. The number of carbonyl (C=O) groups is 1. The second-order valence-electron chi connectivity index (χ2n) is 7.39. The molecule has 0 bridgehead atoms. The molecule has 0 radical (unpaired) electrons. The number of likely N-dealkylation sites (tertiary alicyclic amines) is 1. The van der Waals surface area contributed by atoms with Gasteiger partial charge in [0.15, 0.2) is 5.82 Å². The molecule has 2 fully saturated rings. The zero-order valence-corrected chi connectivity index (χ0v) is 15.3. The van der Waals surface area contributed by atoms with Crippen LogP contribution in [0.1, 0.15) is 62.0 Å². The molecule has 28 heavy (non-hydrogen) atoms. The van der Waals surface area contributed by atoms with Crippen molar-refractivity contribution in [2.24, 2.45) is 0 Å². The topological polar surface area (TPSA) is 63.1 Å². The monoisotopic (exact) mass is 393 g/mol. The van der Waals surface area contributed by atoms with Gasteiger partial charge in [0.05, 0.1) is 11.6 Å². The Hall–Kier alpha value is -2.58. The molecule has 1 aromatic carbocycles. The van der Waals surface area contributed by atoms with Crippen LogP contribution in [0.5, 0.6) is 0 Å². The number of carbonyl (C=O) groups excluding carboxylic acids is 1. The smallest absolute Gasteiger partial charge is 0.314 e. The van der Waals surface area contributed by atoms with Crippen molar-refractivity contribution in [2.75, 3.05) is 11.9 Å². The van der Waals surface area contributed by atoms with E-state index in [4.69, 9.17) is 0 Å². The summed E-state index contributed by atoms with van der Waals surface area (Å²) in [7, 11) is 0. The molecule has 2 amide bonds. The first kappa shape index (κ1) is 18.8. The van der Waals surface area contributed by atoms with Gasteiger partial charge in [0.25, 0.3) is 0 Å². The molecule has 1 N–H and O–H groups in total. The molecular weight excluding hydrogens is 371 g/mol. The number of aromatic nitrogens is 3. The van der Waals surface area contributed by atoms with Crippen LogP contribution >= 0.6 is 0 Å². The fourth-order valence-electron chi connectivity index (χ4n) is 4.20. The van der Waals surface area contributed by atoms with E-state index in [0.717, 1.165) is 43.6 Å². The lowest BCUT2D eigenvalue weighted by atomic mass is 10.1. The van der Waals surface area contributed by atoms with Crippen LogP contribution in [0.15, 0.2) is 30.6 Å². The van der Waals surface area contributed by atoms with E-state index in [0.29, 0.717) is 12.6 Å². The molecule has 1 saturated heterocycles. The largest absolute Gasteiger partial charge is 0.416 e. The van der Waals surface area contributed by atoms with Gasteiger partial charge in [-0.05, 0) is 43.9 Å². The number of alkyl halides is 3. The van der Waals surface area contributed by atoms with Crippen molar-refractivity contribution in [3.63, 3.8) is 0 Å². The Balaban J connectivity index is 1.51. The molecule has 1 saturated carbocycles. The number of rotatable bonds is 3. The molecule has 2 aromatic rings. The van der Waals surface area contributed by atoms with Gasteiger partial charge in [0.2, 0.25) is 0 Å². The SMILES string of the molecule is O=C(Nc1cccc(C(F)(F)F)c1)N1CCCC1c1nncn1C1CCCC1. The molecule has 1 aliphatic heterocycles. The molecule has 2 heterocycles. The minimum absolute atomic E-state index is 0.128. The number of halogens is 3. The number of benzene rings is 1. The van der Waals surface area contributed by atoms with E-state index in [-0.39, 0.29) is 11.7 Å². The Labute approximate surface area is 160 Å². The lowest BCUT2D eigenvalue weighted by Gasteiger charge is -2.26. The van der Waals surface area contributed by atoms with Crippen molar-refractivity contribution in [1.82, 2.24) is 19.7 Å². The highest BCUT2D eigenvalue weighted by molar-refractivity contribution is 5.89. The van der Waals surface area contributed by atoms with E-state index in [2.05, 4.69) is 20.1 Å². The van der Waals surface area contributed by atoms with Crippen LogP contribution in [0.25, 0.3) is 0 Å². The van der Waals surface area contributed by atoms with Crippen LogP contribution < -0.4 is 5.32 Å². The fraction of sp³-hybridized carbons (Fsp3) is 0.526. The summed E-state index contributed by atoms with van der Waals surface area (Å²) in [5.74, 6) is 0.767. The highest BCUT2D eigenvalue weighted by Crippen LogP contribution is 2.36. The van der Waals surface area contributed by atoms with E-state index in [1.54, 1.807) is 11.2 Å². The summed E-state index contributed by atoms with van der Waals surface area (Å²) in [6.07, 6.45) is 3.36. The normalized spacial score (nSPS) is 20.7. The number of hydrogen-bond acceptors (Lipinski definition) is 3. The Kier molecular flexibility index (Phi) is 4.99. The Morgan fingerprint density at radius 2 is 1.93 bits per heavy atom. The first-order valence-corrected chi connectivity index (χ1v) is 9.58. The van der Waals surface area contributed by atoms with E-state index in [1.807, 2.05) is 0 Å². The molecule has 6 nitrogen and oxygen atoms in total. The van der Waals surface area contributed by atoms with Gasteiger partial charge in [-0.2, -0.15) is 13.2 Å². The highest BCUT2D eigenvalue weighted by Gasteiger charge is 2.35. The zero-order valence-electron chi connectivity index (χ0n) is 15.3. The van der Waals surface area contributed by atoms with Crippen LogP contribution in [0.3, 0.4) is 0 Å². The van der Waals surface area contributed by atoms with Gasteiger partial charge in [-0.3, -0.25) is 0 Å². The summed E-state index contributed by atoms with van der Waals surface area (Å²) in [4.78, 5) is 14.4. The molecule has 9 heteroatoms. The van der Waals surface area contributed by atoms with Crippen molar-refractivity contribution in [1.29, 1.82) is 0 Å². The number of nitrogens with one attached hydrogen (secondary N) is 1. The Morgan fingerprint density at radius 1 is 1.14 bits per heavy atom. The first-order valence-electron chi connectivity index (χ1n) is 9.58. The molecule has 4 rings (SSSR count). The summed E-state index contributed by atoms with van der Waals surface area (Å²) >= 11 is 0. The summed E-state index contributed by atoms with van der Waals surface area (Å²) < 4.78 is 40.8. The van der Waals surface area contributed by atoms with Gasteiger partial charge in [-0.15, -0.1) is 10.2 Å². The quantitative estimate of drug-likeness (QED) is 0.816. The maximum absolute atomic E-state index is 12.9.